The van der Waals surface area contributed by atoms with Crippen molar-refractivity contribution >= 4 is 33.2 Å². The van der Waals surface area contributed by atoms with Crippen LogP contribution >= 0.6 is 15.9 Å². The molecule has 0 saturated heterocycles. The maximum Gasteiger partial charge on any atom is 0.257 e. The number of carbonyl (C=O) groups is 1. The monoisotopic (exact) mass is 322 g/mol. The molecule has 0 atom stereocenters. The highest BCUT2D eigenvalue weighted by Gasteiger charge is 2.11. The van der Waals surface area contributed by atoms with E-state index < -0.39 is 0 Å². The van der Waals surface area contributed by atoms with E-state index in [1.807, 2.05) is 13.8 Å². The molecule has 2 aromatic rings. The van der Waals surface area contributed by atoms with Crippen molar-refractivity contribution in [2.75, 3.05) is 11.1 Å². The minimum Gasteiger partial charge on any atom is -0.398 e. The summed E-state index contributed by atoms with van der Waals surface area (Å²) in [5.74, 6) is -0.242. The molecule has 3 N–H and O–H groups in total. The number of aromatic nitrogens is 2. The number of rotatable bonds is 3. The fourth-order valence-electron chi connectivity index (χ4n) is 1.62. The fourth-order valence-corrected chi connectivity index (χ4v) is 2.00. The Hall–Kier alpha value is -1.82. The first kappa shape index (κ1) is 13.6. The van der Waals surface area contributed by atoms with Crippen LogP contribution in [0.3, 0.4) is 0 Å². The van der Waals surface area contributed by atoms with Gasteiger partial charge in [0.05, 0.1) is 17.4 Å². The van der Waals surface area contributed by atoms with Gasteiger partial charge in [-0.3, -0.25) is 9.48 Å². The molecule has 1 amide bonds. The maximum atomic E-state index is 12.1. The van der Waals surface area contributed by atoms with Crippen LogP contribution in [0.15, 0.2) is 35.1 Å². The number of carbonyl (C=O) groups excluding carboxylic acids is 1. The Morgan fingerprint density at radius 3 is 2.79 bits per heavy atom. The number of nitrogen functional groups attached to an aromatic ring is 1. The molecule has 1 heterocycles. The summed E-state index contributed by atoms with van der Waals surface area (Å²) in [6.45, 7) is 4.04. The zero-order chi connectivity index (χ0) is 14.0. The van der Waals surface area contributed by atoms with Crippen molar-refractivity contribution in [1.29, 1.82) is 0 Å². The van der Waals surface area contributed by atoms with E-state index in [9.17, 15) is 4.79 Å². The third-order valence-corrected chi connectivity index (χ3v) is 3.14. The summed E-state index contributed by atoms with van der Waals surface area (Å²) in [4.78, 5) is 12.1. The Kier molecular flexibility index (Phi) is 3.90. The molecule has 100 valence electrons. The minimum atomic E-state index is -0.242. The summed E-state index contributed by atoms with van der Waals surface area (Å²) >= 11 is 3.31. The van der Waals surface area contributed by atoms with Crippen LogP contribution in [-0.2, 0) is 0 Å². The Labute approximate surface area is 119 Å². The van der Waals surface area contributed by atoms with Gasteiger partial charge >= 0.3 is 0 Å². The van der Waals surface area contributed by atoms with Crippen LogP contribution in [0.25, 0.3) is 0 Å². The molecule has 5 nitrogen and oxygen atoms in total. The Balaban J connectivity index is 2.16. The van der Waals surface area contributed by atoms with Crippen LogP contribution < -0.4 is 11.1 Å². The van der Waals surface area contributed by atoms with Crippen LogP contribution in [0, 0.1) is 0 Å². The molecule has 0 spiro atoms. The van der Waals surface area contributed by atoms with E-state index in [-0.39, 0.29) is 11.9 Å². The van der Waals surface area contributed by atoms with Gasteiger partial charge in [-0.25, -0.2) is 0 Å². The number of hydrogen-bond donors (Lipinski definition) is 2. The lowest BCUT2D eigenvalue weighted by atomic mass is 10.1. The van der Waals surface area contributed by atoms with Gasteiger partial charge in [-0.1, -0.05) is 15.9 Å². The average Bonchev–Trinajstić information content (AvgIpc) is 2.77. The highest BCUT2D eigenvalue weighted by Crippen LogP contribution is 2.20. The van der Waals surface area contributed by atoms with Crippen molar-refractivity contribution in [1.82, 2.24) is 9.78 Å². The molecule has 0 aliphatic rings. The van der Waals surface area contributed by atoms with Crippen molar-refractivity contribution in [2.45, 2.75) is 19.9 Å². The highest BCUT2D eigenvalue weighted by molar-refractivity contribution is 9.10. The van der Waals surface area contributed by atoms with Crippen molar-refractivity contribution in [2.24, 2.45) is 0 Å². The molecule has 0 bridgehead atoms. The van der Waals surface area contributed by atoms with E-state index in [0.29, 0.717) is 16.9 Å². The van der Waals surface area contributed by atoms with Crippen LogP contribution in [0.4, 0.5) is 11.4 Å². The average molecular weight is 323 g/mol. The lowest BCUT2D eigenvalue weighted by Gasteiger charge is -2.06. The minimum absolute atomic E-state index is 0.242. The lowest BCUT2D eigenvalue weighted by molar-refractivity contribution is 0.102. The molecule has 0 unspecified atom stereocenters. The first-order chi connectivity index (χ1) is 8.97. The normalized spacial score (nSPS) is 10.7. The first-order valence-corrected chi connectivity index (χ1v) is 6.67. The maximum absolute atomic E-state index is 12.1. The summed E-state index contributed by atoms with van der Waals surface area (Å²) in [7, 11) is 0. The van der Waals surface area contributed by atoms with E-state index in [1.165, 1.54) is 0 Å². The summed E-state index contributed by atoms with van der Waals surface area (Å²) in [6, 6.07) is 5.42. The Morgan fingerprint density at radius 2 is 2.21 bits per heavy atom. The predicted octanol–water partition coefficient (Wildman–Crippen LogP) is 3.06. The molecule has 0 fully saturated rings. The second-order valence-corrected chi connectivity index (χ2v) is 5.40. The molecular weight excluding hydrogens is 308 g/mol. The number of anilines is 2. The van der Waals surface area contributed by atoms with Gasteiger partial charge in [-0.05, 0) is 32.0 Å². The Morgan fingerprint density at radius 1 is 1.47 bits per heavy atom. The molecule has 0 aliphatic carbocycles. The number of benzene rings is 1. The lowest BCUT2D eigenvalue weighted by Crippen LogP contribution is -2.13. The molecule has 1 aromatic carbocycles. The molecule has 0 saturated carbocycles. The van der Waals surface area contributed by atoms with Gasteiger partial charge in [0, 0.05) is 22.4 Å². The van der Waals surface area contributed by atoms with E-state index in [1.54, 1.807) is 35.3 Å². The van der Waals surface area contributed by atoms with Gasteiger partial charge in [0.1, 0.15) is 0 Å². The SMILES string of the molecule is CC(C)n1cc(NC(=O)c2ccc(Br)cc2N)cn1. The smallest absolute Gasteiger partial charge is 0.257 e. The first-order valence-electron chi connectivity index (χ1n) is 5.88. The van der Waals surface area contributed by atoms with Gasteiger partial charge in [0.2, 0.25) is 0 Å². The summed E-state index contributed by atoms with van der Waals surface area (Å²) in [5.41, 5.74) is 7.35. The Bertz CT molecular complexity index is 606. The van der Waals surface area contributed by atoms with Crippen molar-refractivity contribution in [3.05, 3.63) is 40.6 Å². The van der Waals surface area contributed by atoms with E-state index in [2.05, 4.69) is 26.3 Å². The number of nitrogens with two attached hydrogens (primary N) is 1. The van der Waals surface area contributed by atoms with E-state index in [4.69, 9.17) is 5.73 Å². The zero-order valence-corrected chi connectivity index (χ0v) is 12.3. The van der Waals surface area contributed by atoms with Gasteiger partial charge < -0.3 is 11.1 Å². The summed E-state index contributed by atoms with van der Waals surface area (Å²) in [6.07, 6.45) is 3.41. The number of nitrogens with one attached hydrogen (secondary N) is 1. The summed E-state index contributed by atoms with van der Waals surface area (Å²) < 4.78 is 2.62. The predicted molar refractivity (Wildman–Crippen MR) is 79.1 cm³/mol. The number of halogens is 1. The molecule has 19 heavy (non-hydrogen) atoms. The molecule has 2 rings (SSSR count). The van der Waals surface area contributed by atoms with Gasteiger partial charge in [-0.2, -0.15) is 5.10 Å². The number of amides is 1. The second kappa shape index (κ2) is 5.44. The quantitative estimate of drug-likeness (QED) is 0.853. The topological polar surface area (TPSA) is 72.9 Å². The van der Waals surface area contributed by atoms with Crippen molar-refractivity contribution < 1.29 is 4.79 Å². The molecule has 1 aromatic heterocycles. The van der Waals surface area contributed by atoms with Gasteiger partial charge in [-0.15, -0.1) is 0 Å². The number of hydrogen-bond acceptors (Lipinski definition) is 3. The fraction of sp³-hybridized carbons (Fsp3) is 0.231. The van der Waals surface area contributed by atoms with Crippen LogP contribution in [0.1, 0.15) is 30.2 Å². The van der Waals surface area contributed by atoms with Crippen LogP contribution in [0.5, 0.6) is 0 Å². The van der Waals surface area contributed by atoms with E-state index >= 15 is 0 Å². The van der Waals surface area contributed by atoms with Crippen LogP contribution in [-0.4, -0.2) is 15.7 Å². The molecule has 6 heteroatoms. The van der Waals surface area contributed by atoms with Gasteiger partial charge in [0.15, 0.2) is 0 Å². The van der Waals surface area contributed by atoms with Crippen LogP contribution in [0.2, 0.25) is 0 Å². The van der Waals surface area contributed by atoms with E-state index in [0.717, 1.165) is 4.47 Å². The molecular formula is C13H15BrN4O. The highest BCUT2D eigenvalue weighted by atomic mass is 79.9. The zero-order valence-electron chi connectivity index (χ0n) is 10.7. The third-order valence-electron chi connectivity index (χ3n) is 2.65. The standard InChI is InChI=1S/C13H15BrN4O/c1-8(2)18-7-10(6-16-18)17-13(19)11-4-3-9(14)5-12(11)15/h3-8H,15H2,1-2H3,(H,17,19). The molecule has 0 aliphatic heterocycles. The van der Waals surface area contributed by atoms with Crippen molar-refractivity contribution in [3.63, 3.8) is 0 Å². The van der Waals surface area contributed by atoms with Gasteiger partial charge in [0.25, 0.3) is 5.91 Å². The van der Waals surface area contributed by atoms with Crippen molar-refractivity contribution in [3.8, 4) is 0 Å². The third kappa shape index (κ3) is 3.14. The molecule has 0 radical (unpaired) electrons. The largest absolute Gasteiger partial charge is 0.398 e. The summed E-state index contributed by atoms with van der Waals surface area (Å²) in [5, 5.41) is 6.94. The number of nitrogens with zero attached hydrogens (tertiary/aromatic N) is 2. The second-order valence-electron chi connectivity index (χ2n) is 4.49.